The summed E-state index contributed by atoms with van der Waals surface area (Å²) in [5, 5.41) is 0. The lowest BCUT2D eigenvalue weighted by atomic mass is 10.2. The van der Waals surface area contributed by atoms with Crippen molar-refractivity contribution in [1.82, 2.24) is 9.29 Å². The number of nitrogens with zero attached hydrogens (tertiary/aromatic N) is 2. The van der Waals surface area contributed by atoms with Crippen LogP contribution in [0.25, 0.3) is 0 Å². The summed E-state index contributed by atoms with van der Waals surface area (Å²) in [5.41, 5.74) is 0.873. The number of aromatic nitrogens is 1. The van der Waals surface area contributed by atoms with Crippen LogP contribution in [0.2, 0.25) is 0 Å². The fourth-order valence-corrected chi connectivity index (χ4v) is 4.43. The van der Waals surface area contributed by atoms with Gasteiger partial charge in [-0.1, -0.05) is 29.8 Å². The molecule has 1 aliphatic heterocycles. The molecule has 0 amide bonds. The molecule has 0 saturated carbocycles. The van der Waals surface area contributed by atoms with Gasteiger partial charge in [-0.2, -0.15) is 17.5 Å². The lowest BCUT2D eigenvalue weighted by Crippen LogP contribution is -2.32. The zero-order chi connectivity index (χ0) is 19.7. The summed E-state index contributed by atoms with van der Waals surface area (Å²) in [5.74, 6) is -0.283. The van der Waals surface area contributed by atoms with Crippen molar-refractivity contribution in [2.45, 2.75) is 31.4 Å². The van der Waals surface area contributed by atoms with Crippen LogP contribution in [0, 0.1) is 6.92 Å². The summed E-state index contributed by atoms with van der Waals surface area (Å²) in [7, 11) is -3.53. The first-order valence-electron chi connectivity index (χ1n) is 8.37. The molecule has 0 bridgehead atoms. The van der Waals surface area contributed by atoms with Gasteiger partial charge in [0.25, 0.3) is 0 Å². The van der Waals surface area contributed by atoms with E-state index in [1.54, 1.807) is 12.1 Å². The van der Waals surface area contributed by atoms with Gasteiger partial charge in [0.05, 0.1) is 17.9 Å². The average Bonchev–Trinajstić information content (AvgIpc) is 3.06. The highest BCUT2D eigenvalue weighted by Gasteiger charge is 2.34. The fourth-order valence-electron chi connectivity index (χ4n) is 2.85. The molecule has 0 aliphatic carbocycles. The Morgan fingerprint density at radius 3 is 2.59 bits per heavy atom. The standard InChI is InChI=1S/C18H19F3N2O3S/c1-13-2-4-14(5-3-13)12-27(24,25)23-9-7-16(11-23)26-17-10-15(6-8-22-17)18(19,20)21/h2-6,8,10,16H,7,9,11-12H2,1H3. The smallest absolute Gasteiger partial charge is 0.416 e. The van der Waals surface area contributed by atoms with Gasteiger partial charge in [0.2, 0.25) is 15.9 Å². The van der Waals surface area contributed by atoms with E-state index in [0.29, 0.717) is 12.0 Å². The quantitative estimate of drug-likeness (QED) is 0.772. The molecule has 1 aromatic heterocycles. The number of aryl methyl sites for hydroxylation is 1. The third-order valence-electron chi connectivity index (χ3n) is 4.32. The monoisotopic (exact) mass is 400 g/mol. The molecule has 3 rings (SSSR count). The Morgan fingerprint density at radius 2 is 1.93 bits per heavy atom. The second kappa shape index (κ2) is 7.47. The molecule has 1 fully saturated rings. The predicted molar refractivity (Wildman–Crippen MR) is 93.6 cm³/mol. The number of alkyl halides is 3. The molecule has 27 heavy (non-hydrogen) atoms. The maximum absolute atomic E-state index is 12.8. The summed E-state index contributed by atoms with van der Waals surface area (Å²) < 4.78 is 70.2. The van der Waals surface area contributed by atoms with Crippen LogP contribution in [0.1, 0.15) is 23.1 Å². The van der Waals surface area contributed by atoms with Gasteiger partial charge in [0.15, 0.2) is 0 Å². The van der Waals surface area contributed by atoms with Gasteiger partial charge >= 0.3 is 6.18 Å². The van der Waals surface area contributed by atoms with Crippen molar-refractivity contribution < 1.29 is 26.3 Å². The van der Waals surface area contributed by atoms with Crippen LogP contribution in [-0.2, 0) is 22.0 Å². The maximum Gasteiger partial charge on any atom is 0.416 e. The van der Waals surface area contributed by atoms with E-state index in [-0.39, 0.29) is 24.7 Å². The molecule has 2 heterocycles. The minimum Gasteiger partial charge on any atom is -0.473 e. The Morgan fingerprint density at radius 1 is 1.22 bits per heavy atom. The third-order valence-corrected chi connectivity index (χ3v) is 6.14. The molecule has 1 atom stereocenters. The molecule has 1 aliphatic rings. The first kappa shape index (κ1) is 19.6. The van der Waals surface area contributed by atoms with Crippen LogP contribution in [0.15, 0.2) is 42.6 Å². The van der Waals surface area contributed by atoms with Crippen molar-refractivity contribution in [3.8, 4) is 5.88 Å². The van der Waals surface area contributed by atoms with Crippen molar-refractivity contribution >= 4 is 10.0 Å². The van der Waals surface area contributed by atoms with Gasteiger partial charge < -0.3 is 4.74 Å². The van der Waals surface area contributed by atoms with Crippen LogP contribution < -0.4 is 4.74 Å². The van der Waals surface area contributed by atoms with Crippen LogP contribution in [-0.4, -0.2) is 36.9 Å². The van der Waals surface area contributed by atoms with E-state index < -0.39 is 27.9 Å². The third kappa shape index (κ3) is 4.98. The number of rotatable bonds is 5. The molecule has 0 spiro atoms. The molecule has 9 heteroatoms. The fraction of sp³-hybridized carbons (Fsp3) is 0.389. The first-order valence-corrected chi connectivity index (χ1v) is 9.98. The molecule has 2 aromatic rings. The van der Waals surface area contributed by atoms with Crippen LogP contribution in [0.5, 0.6) is 5.88 Å². The molecule has 1 unspecified atom stereocenters. The second-order valence-corrected chi connectivity index (χ2v) is 8.48. The number of pyridine rings is 1. The van der Waals surface area contributed by atoms with E-state index in [0.717, 1.165) is 23.9 Å². The van der Waals surface area contributed by atoms with Crippen LogP contribution in [0.3, 0.4) is 0 Å². The zero-order valence-corrected chi connectivity index (χ0v) is 15.4. The Hall–Kier alpha value is -2.13. The van der Waals surface area contributed by atoms with E-state index in [1.165, 1.54) is 4.31 Å². The second-order valence-electron chi connectivity index (χ2n) is 6.51. The molecule has 146 valence electrons. The number of hydrogen-bond donors (Lipinski definition) is 0. The zero-order valence-electron chi connectivity index (χ0n) is 14.6. The Kier molecular flexibility index (Phi) is 5.43. The summed E-state index contributed by atoms with van der Waals surface area (Å²) >= 11 is 0. The summed E-state index contributed by atoms with van der Waals surface area (Å²) in [6.45, 7) is 2.27. The number of benzene rings is 1. The Bertz CT molecular complexity index is 899. The van der Waals surface area contributed by atoms with E-state index in [9.17, 15) is 21.6 Å². The van der Waals surface area contributed by atoms with Gasteiger partial charge in [-0.05, 0) is 25.0 Å². The summed E-state index contributed by atoms with van der Waals surface area (Å²) in [6.07, 6.45) is -3.60. The molecular formula is C18H19F3N2O3S. The molecule has 0 radical (unpaired) electrons. The lowest BCUT2D eigenvalue weighted by Gasteiger charge is -2.17. The highest BCUT2D eigenvalue weighted by atomic mass is 32.2. The van der Waals surface area contributed by atoms with Crippen molar-refractivity contribution in [3.63, 3.8) is 0 Å². The highest BCUT2D eigenvalue weighted by molar-refractivity contribution is 7.88. The van der Waals surface area contributed by atoms with E-state index in [1.807, 2.05) is 19.1 Å². The summed E-state index contributed by atoms with van der Waals surface area (Å²) in [6, 6.07) is 8.91. The largest absolute Gasteiger partial charge is 0.473 e. The van der Waals surface area contributed by atoms with Gasteiger partial charge in [0, 0.05) is 18.8 Å². The van der Waals surface area contributed by atoms with E-state index in [2.05, 4.69) is 4.98 Å². The molecule has 1 aromatic carbocycles. The van der Waals surface area contributed by atoms with Gasteiger partial charge in [-0.15, -0.1) is 0 Å². The maximum atomic E-state index is 12.8. The van der Waals surface area contributed by atoms with E-state index in [4.69, 9.17) is 4.74 Å². The molecule has 5 nitrogen and oxygen atoms in total. The van der Waals surface area contributed by atoms with Gasteiger partial charge in [0.1, 0.15) is 6.10 Å². The molecule has 1 saturated heterocycles. The van der Waals surface area contributed by atoms with Crippen LogP contribution >= 0.6 is 0 Å². The Labute approximate surface area is 155 Å². The summed E-state index contributed by atoms with van der Waals surface area (Å²) in [4.78, 5) is 3.79. The van der Waals surface area contributed by atoms with Crippen molar-refractivity contribution in [3.05, 3.63) is 59.3 Å². The highest BCUT2D eigenvalue weighted by Crippen LogP contribution is 2.31. The van der Waals surface area contributed by atoms with Gasteiger partial charge in [-0.3, -0.25) is 0 Å². The number of ether oxygens (including phenoxy) is 1. The minimum atomic E-state index is -4.49. The number of hydrogen-bond acceptors (Lipinski definition) is 4. The van der Waals surface area contributed by atoms with Crippen molar-refractivity contribution in [2.24, 2.45) is 0 Å². The average molecular weight is 400 g/mol. The van der Waals surface area contributed by atoms with Crippen molar-refractivity contribution in [1.29, 1.82) is 0 Å². The Balaban J connectivity index is 1.63. The SMILES string of the molecule is Cc1ccc(CS(=O)(=O)N2CCC(Oc3cc(C(F)(F)F)ccn3)C2)cc1. The minimum absolute atomic E-state index is 0.0894. The number of halogens is 3. The van der Waals surface area contributed by atoms with Crippen molar-refractivity contribution in [2.75, 3.05) is 13.1 Å². The predicted octanol–water partition coefficient (Wildman–Crippen LogP) is 3.39. The lowest BCUT2D eigenvalue weighted by molar-refractivity contribution is -0.137. The topological polar surface area (TPSA) is 59.5 Å². The van der Waals surface area contributed by atoms with E-state index >= 15 is 0 Å². The molecular weight excluding hydrogens is 381 g/mol. The van der Waals surface area contributed by atoms with Crippen LogP contribution in [0.4, 0.5) is 13.2 Å². The van der Waals surface area contributed by atoms with Gasteiger partial charge in [-0.25, -0.2) is 13.4 Å². The normalized spacial score (nSPS) is 18.6. The molecule has 0 N–H and O–H groups in total. The number of sulfonamides is 1. The first-order chi connectivity index (χ1) is 12.6.